The van der Waals surface area contributed by atoms with E-state index in [9.17, 15) is 22.8 Å². The molecule has 0 unspecified atom stereocenters. The Labute approximate surface area is 168 Å². The number of amides is 2. The molecular weight excluding hydrogens is 403 g/mol. The van der Waals surface area contributed by atoms with Crippen LogP contribution in [0.4, 0.5) is 13.2 Å². The number of rotatable bonds is 5. The Balaban J connectivity index is 1.61. The minimum Gasteiger partial charge on any atom is -0.457 e. The molecule has 0 atom stereocenters. The highest BCUT2D eigenvalue weighted by Crippen LogP contribution is 2.23. The predicted molar refractivity (Wildman–Crippen MR) is 98.8 cm³/mol. The van der Waals surface area contributed by atoms with Gasteiger partial charge in [-0.05, 0) is 48.5 Å². The van der Waals surface area contributed by atoms with Crippen LogP contribution in [-0.2, 0) is 0 Å². The zero-order valence-electron chi connectivity index (χ0n) is 15.1. The number of pyridine rings is 1. The molecule has 2 amide bonds. The number of carbonyl (C=O) groups is 2. The molecule has 0 aliphatic heterocycles. The Morgan fingerprint density at radius 1 is 0.767 bits per heavy atom. The molecule has 0 fully saturated rings. The minimum absolute atomic E-state index is 0.133. The molecule has 10 heteroatoms. The third-order valence-corrected chi connectivity index (χ3v) is 3.60. The van der Waals surface area contributed by atoms with Gasteiger partial charge >= 0.3 is 6.36 Å². The fourth-order valence-electron chi connectivity index (χ4n) is 2.34. The first kappa shape index (κ1) is 20.6. The highest BCUT2D eigenvalue weighted by atomic mass is 19.4. The highest BCUT2D eigenvalue weighted by Gasteiger charge is 2.31. The van der Waals surface area contributed by atoms with Crippen LogP contribution in [0, 0.1) is 0 Å². The number of aromatic nitrogens is 1. The smallest absolute Gasteiger partial charge is 0.457 e. The molecule has 7 nitrogen and oxygen atoms in total. The Kier molecular flexibility index (Phi) is 6.16. The first-order valence-electron chi connectivity index (χ1n) is 8.44. The fraction of sp³-hybridized carbons (Fsp3) is 0.0500. The zero-order valence-corrected chi connectivity index (χ0v) is 15.1. The molecule has 2 N–H and O–H groups in total. The molecule has 0 saturated carbocycles. The molecule has 3 aromatic rings. The molecule has 0 aliphatic carbocycles. The van der Waals surface area contributed by atoms with Crippen molar-refractivity contribution in [2.75, 3.05) is 0 Å². The van der Waals surface area contributed by atoms with E-state index in [1.807, 2.05) is 0 Å². The molecule has 0 bridgehead atoms. The molecule has 0 aliphatic rings. The van der Waals surface area contributed by atoms with Crippen molar-refractivity contribution in [1.29, 1.82) is 0 Å². The Morgan fingerprint density at radius 2 is 1.30 bits per heavy atom. The van der Waals surface area contributed by atoms with Crippen molar-refractivity contribution in [2.24, 2.45) is 0 Å². The SMILES string of the molecule is O=C(NNC(=O)c1cccc(OC(F)(F)F)c1)c1cccc(Oc2ccncc2)c1. The van der Waals surface area contributed by atoms with E-state index < -0.39 is 23.9 Å². The van der Waals surface area contributed by atoms with Gasteiger partial charge in [0, 0.05) is 23.5 Å². The summed E-state index contributed by atoms with van der Waals surface area (Å²) in [5.74, 6) is -1.11. The van der Waals surface area contributed by atoms with Crippen LogP contribution in [0.2, 0.25) is 0 Å². The van der Waals surface area contributed by atoms with Crippen LogP contribution in [0.15, 0.2) is 73.1 Å². The summed E-state index contributed by atoms with van der Waals surface area (Å²) < 4.78 is 46.2. The second-order valence-corrected chi connectivity index (χ2v) is 5.80. The Morgan fingerprint density at radius 3 is 1.87 bits per heavy atom. The molecule has 154 valence electrons. The topological polar surface area (TPSA) is 89.6 Å². The van der Waals surface area contributed by atoms with Gasteiger partial charge in [0.05, 0.1) is 0 Å². The van der Waals surface area contributed by atoms with Gasteiger partial charge in [-0.3, -0.25) is 25.4 Å². The zero-order chi connectivity index (χ0) is 21.6. The molecule has 0 radical (unpaired) electrons. The average Bonchev–Trinajstić information content (AvgIpc) is 2.71. The monoisotopic (exact) mass is 417 g/mol. The molecule has 30 heavy (non-hydrogen) atoms. The first-order chi connectivity index (χ1) is 14.3. The lowest BCUT2D eigenvalue weighted by atomic mass is 10.2. The number of carbonyl (C=O) groups excluding carboxylic acids is 2. The molecule has 1 heterocycles. The van der Waals surface area contributed by atoms with Gasteiger partial charge in [0.15, 0.2) is 0 Å². The number of alkyl halides is 3. The van der Waals surface area contributed by atoms with Gasteiger partial charge in [-0.1, -0.05) is 12.1 Å². The van der Waals surface area contributed by atoms with Gasteiger partial charge in [0.25, 0.3) is 11.8 Å². The maximum Gasteiger partial charge on any atom is 0.573 e. The number of ether oxygens (including phenoxy) is 2. The van der Waals surface area contributed by atoms with Crippen LogP contribution in [-0.4, -0.2) is 23.2 Å². The van der Waals surface area contributed by atoms with Crippen LogP contribution >= 0.6 is 0 Å². The minimum atomic E-state index is -4.88. The molecular formula is C20H14F3N3O4. The lowest BCUT2D eigenvalue weighted by molar-refractivity contribution is -0.274. The van der Waals surface area contributed by atoms with E-state index in [2.05, 4.69) is 20.6 Å². The van der Waals surface area contributed by atoms with Gasteiger partial charge in [0.2, 0.25) is 0 Å². The summed E-state index contributed by atoms with van der Waals surface area (Å²) in [7, 11) is 0. The molecule has 3 rings (SSSR count). The van der Waals surface area contributed by atoms with Crippen molar-refractivity contribution in [1.82, 2.24) is 15.8 Å². The first-order valence-corrected chi connectivity index (χ1v) is 8.44. The van der Waals surface area contributed by atoms with Crippen LogP contribution in [0.3, 0.4) is 0 Å². The standard InChI is InChI=1S/C20H14F3N3O4/c21-20(22,23)30-17-6-2-4-14(12-17)19(28)26-25-18(27)13-3-1-5-16(11-13)29-15-7-9-24-10-8-15/h1-12H,(H,25,27)(H,26,28). The summed E-state index contributed by atoms with van der Waals surface area (Å²) in [6.45, 7) is 0. The predicted octanol–water partition coefficient (Wildman–Crippen LogP) is 3.85. The maximum absolute atomic E-state index is 12.3. The lowest BCUT2D eigenvalue weighted by Gasteiger charge is -2.11. The van der Waals surface area contributed by atoms with Gasteiger partial charge < -0.3 is 9.47 Å². The van der Waals surface area contributed by atoms with E-state index in [-0.39, 0.29) is 11.1 Å². The second-order valence-electron chi connectivity index (χ2n) is 5.80. The summed E-state index contributed by atoms with van der Waals surface area (Å²) >= 11 is 0. The molecule has 0 spiro atoms. The van der Waals surface area contributed by atoms with Crippen LogP contribution in [0.1, 0.15) is 20.7 Å². The van der Waals surface area contributed by atoms with Gasteiger partial charge in [-0.25, -0.2) is 0 Å². The van der Waals surface area contributed by atoms with E-state index in [1.165, 1.54) is 24.3 Å². The van der Waals surface area contributed by atoms with Gasteiger partial charge in [0.1, 0.15) is 17.2 Å². The largest absolute Gasteiger partial charge is 0.573 e. The number of halogens is 3. The van der Waals surface area contributed by atoms with Crippen molar-refractivity contribution in [3.8, 4) is 17.2 Å². The maximum atomic E-state index is 12.3. The van der Waals surface area contributed by atoms with E-state index in [4.69, 9.17) is 4.74 Å². The molecule has 0 saturated heterocycles. The van der Waals surface area contributed by atoms with Gasteiger partial charge in [-0.15, -0.1) is 13.2 Å². The Bertz CT molecular complexity index is 1040. The quantitative estimate of drug-likeness (QED) is 0.616. The number of hydrogen-bond donors (Lipinski definition) is 2. The number of hydrogen-bond acceptors (Lipinski definition) is 5. The van der Waals surface area contributed by atoms with E-state index in [0.717, 1.165) is 12.1 Å². The van der Waals surface area contributed by atoms with Gasteiger partial charge in [-0.2, -0.15) is 0 Å². The van der Waals surface area contributed by atoms with Crippen molar-refractivity contribution in [3.63, 3.8) is 0 Å². The summed E-state index contributed by atoms with van der Waals surface area (Å²) in [4.78, 5) is 28.3. The third-order valence-electron chi connectivity index (χ3n) is 3.60. The van der Waals surface area contributed by atoms with E-state index >= 15 is 0 Å². The van der Waals surface area contributed by atoms with Crippen molar-refractivity contribution < 1.29 is 32.2 Å². The molecule has 1 aromatic heterocycles. The molecule has 2 aromatic carbocycles. The number of nitrogens with zero attached hydrogens (tertiary/aromatic N) is 1. The van der Waals surface area contributed by atoms with Crippen molar-refractivity contribution in [3.05, 3.63) is 84.2 Å². The second kappa shape index (κ2) is 8.95. The number of hydrazine groups is 1. The van der Waals surface area contributed by atoms with Crippen LogP contribution < -0.4 is 20.3 Å². The summed E-state index contributed by atoms with van der Waals surface area (Å²) in [5.41, 5.74) is 4.38. The summed E-state index contributed by atoms with van der Waals surface area (Å²) in [5, 5.41) is 0. The van der Waals surface area contributed by atoms with Crippen LogP contribution in [0.25, 0.3) is 0 Å². The van der Waals surface area contributed by atoms with E-state index in [1.54, 1.807) is 36.7 Å². The van der Waals surface area contributed by atoms with E-state index in [0.29, 0.717) is 11.5 Å². The van der Waals surface area contributed by atoms with Crippen LogP contribution in [0.5, 0.6) is 17.2 Å². The summed E-state index contributed by atoms with van der Waals surface area (Å²) in [6.07, 6.45) is -1.78. The number of benzene rings is 2. The fourth-order valence-corrected chi connectivity index (χ4v) is 2.34. The third kappa shape index (κ3) is 5.96. The Hall–Kier alpha value is -4.08. The average molecular weight is 417 g/mol. The summed E-state index contributed by atoms with van der Waals surface area (Å²) in [6, 6.07) is 13.9. The normalized spacial score (nSPS) is 10.8. The van der Waals surface area contributed by atoms with Crippen molar-refractivity contribution >= 4 is 11.8 Å². The van der Waals surface area contributed by atoms with Crippen molar-refractivity contribution in [2.45, 2.75) is 6.36 Å². The lowest BCUT2D eigenvalue weighted by Crippen LogP contribution is -2.41. The highest BCUT2D eigenvalue weighted by molar-refractivity contribution is 5.99. The number of nitrogens with one attached hydrogen (secondary N) is 2.